The van der Waals surface area contributed by atoms with E-state index in [0.29, 0.717) is 0 Å². The molecule has 3 heterocycles. The van der Waals surface area contributed by atoms with Crippen LogP contribution in [0, 0.1) is 25.7 Å². The summed E-state index contributed by atoms with van der Waals surface area (Å²) in [6.45, 7) is 5.69. The summed E-state index contributed by atoms with van der Waals surface area (Å²) in [5.74, 6) is 3.22. The second-order valence-electron chi connectivity index (χ2n) is 6.51. The molecule has 2 fully saturated rings. The Balaban J connectivity index is 1.57. The summed E-state index contributed by atoms with van der Waals surface area (Å²) >= 11 is 1.45. The first-order valence-electron chi connectivity index (χ1n) is 7.95. The maximum Gasteiger partial charge on any atom is 0.265 e. The number of carbonyl (C=O) groups excluding carboxylic acids is 1. The zero-order valence-corrected chi connectivity index (χ0v) is 13.8. The van der Waals surface area contributed by atoms with Gasteiger partial charge >= 0.3 is 0 Å². The number of thiazole rings is 1. The number of nitrogens with zero attached hydrogens (tertiary/aromatic N) is 2. The highest BCUT2D eigenvalue weighted by atomic mass is 32.1. The third-order valence-electron chi connectivity index (χ3n) is 4.96. The number of furan rings is 1. The maximum atomic E-state index is 12.8. The predicted molar refractivity (Wildman–Crippen MR) is 86.0 cm³/mol. The molecule has 0 N–H and O–H groups in total. The lowest BCUT2D eigenvalue weighted by molar-refractivity contribution is 0.0784. The summed E-state index contributed by atoms with van der Waals surface area (Å²) in [6, 6.07) is 3.84. The number of aromatic nitrogens is 1. The highest BCUT2D eigenvalue weighted by Crippen LogP contribution is 2.39. The second-order valence-corrected chi connectivity index (χ2v) is 7.50. The molecule has 0 aromatic carbocycles. The van der Waals surface area contributed by atoms with Gasteiger partial charge in [-0.1, -0.05) is 6.42 Å². The van der Waals surface area contributed by atoms with Crippen LogP contribution in [0.5, 0.6) is 0 Å². The van der Waals surface area contributed by atoms with Gasteiger partial charge in [-0.15, -0.1) is 11.3 Å². The van der Waals surface area contributed by atoms with Crippen molar-refractivity contribution in [1.29, 1.82) is 0 Å². The van der Waals surface area contributed by atoms with Gasteiger partial charge in [0.05, 0.1) is 5.69 Å². The fraction of sp³-hybridized carbons (Fsp3) is 0.529. The van der Waals surface area contributed by atoms with Crippen molar-refractivity contribution in [2.24, 2.45) is 11.8 Å². The van der Waals surface area contributed by atoms with Gasteiger partial charge in [0.1, 0.15) is 10.6 Å². The molecular weight excluding hydrogens is 296 g/mol. The Bertz CT molecular complexity index is 706. The van der Waals surface area contributed by atoms with E-state index >= 15 is 0 Å². The lowest BCUT2D eigenvalue weighted by Crippen LogP contribution is -2.29. The molecule has 1 aliphatic heterocycles. The first kappa shape index (κ1) is 14.0. The Morgan fingerprint density at radius 1 is 1.27 bits per heavy atom. The summed E-state index contributed by atoms with van der Waals surface area (Å²) in [5, 5.41) is 0.799. The van der Waals surface area contributed by atoms with E-state index in [-0.39, 0.29) is 5.91 Å². The standard InChI is InChI=1S/C17H20N2O2S/c1-10-6-7-14(21-10)16-18-11(2)15(22-16)17(20)19-8-12-4-3-5-13(12)9-19/h6-7,12-13H,3-5,8-9H2,1-2H3/t12-,13+. The molecule has 2 atom stereocenters. The predicted octanol–water partition coefficient (Wildman–Crippen LogP) is 3.89. The molecule has 2 aliphatic rings. The molecule has 1 saturated heterocycles. The number of aryl methyl sites for hydroxylation is 2. The quantitative estimate of drug-likeness (QED) is 0.844. The van der Waals surface area contributed by atoms with Gasteiger partial charge in [0.25, 0.3) is 5.91 Å². The number of fused-ring (bicyclic) bond motifs is 1. The molecule has 2 aromatic heterocycles. The minimum Gasteiger partial charge on any atom is -0.459 e. The largest absolute Gasteiger partial charge is 0.459 e. The number of hydrogen-bond acceptors (Lipinski definition) is 4. The van der Waals surface area contributed by atoms with Crippen LogP contribution in [0.25, 0.3) is 10.8 Å². The Kier molecular flexibility index (Phi) is 3.33. The molecule has 0 unspecified atom stereocenters. The van der Waals surface area contributed by atoms with Gasteiger partial charge < -0.3 is 9.32 Å². The SMILES string of the molecule is Cc1ccc(-c2nc(C)c(C(=O)N3C[C@H]4CCC[C@H]4C3)s2)o1. The van der Waals surface area contributed by atoms with Crippen molar-refractivity contribution in [3.63, 3.8) is 0 Å². The van der Waals surface area contributed by atoms with Crippen LogP contribution in [0.2, 0.25) is 0 Å². The zero-order valence-electron chi connectivity index (χ0n) is 13.0. The molecule has 0 radical (unpaired) electrons. The fourth-order valence-corrected chi connectivity index (χ4v) is 4.79. The van der Waals surface area contributed by atoms with Gasteiger partial charge in [-0.3, -0.25) is 4.79 Å². The van der Waals surface area contributed by atoms with Gasteiger partial charge in [-0.25, -0.2) is 4.98 Å². The van der Waals surface area contributed by atoms with E-state index in [2.05, 4.69) is 4.98 Å². The summed E-state index contributed by atoms with van der Waals surface area (Å²) in [7, 11) is 0. The Hall–Kier alpha value is -1.62. The third kappa shape index (κ3) is 2.28. The van der Waals surface area contributed by atoms with Crippen molar-refractivity contribution in [1.82, 2.24) is 9.88 Å². The highest BCUT2D eigenvalue weighted by molar-refractivity contribution is 7.17. The third-order valence-corrected chi connectivity index (χ3v) is 6.12. The van der Waals surface area contributed by atoms with Crippen LogP contribution in [0.4, 0.5) is 0 Å². The van der Waals surface area contributed by atoms with Crippen LogP contribution in [0.15, 0.2) is 16.5 Å². The molecule has 5 heteroatoms. The minimum atomic E-state index is 0.152. The van der Waals surface area contributed by atoms with Crippen LogP contribution < -0.4 is 0 Å². The van der Waals surface area contributed by atoms with Crippen molar-refractivity contribution < 1.29 is 9.21 Å². The molecule has 22 heavy (non-hydrogen) atoms. The van der Waals surface area contributed by atoms with Crippen LogP contribution in [0.1, 0.15) is 40.4 Å². The number of hydrogen-bond donors (Lipinski definition) is 0. The minimum absolute atomic E-state index is 0.152. The topological polar surface area (TPSA) is 46.3 Å². The second kappa shape index (κ2) is 5.23. The smallest absolute Gasteiger partial charge is 0.265 e. The van der Waals surface area contributed by atoms with E-state index in [1.165, 1.54) is 30.6 Å². The van der Waals surface area contributed by atoms with E-state index in [0.717, 1.165) is 52.0 Å². The maximum absolute atomic E-state index is 12.8. The summed E-state index contributed by atoms with van der Waals surface area (Å²) in [4.78, 5) is 20.2. The molecule has 4 rings (SSSR count). The summed E-state index contributed by atoms with van der Waals surface area (Å²) in [5.41, 5.74) is 0.816. The normalized spacial score (nSPS) is 24.0. The Morgan fingerprint density at radius 2 is 2.00 bits per heavy atom. The number of amides is 1. The lowest BCUT2D eigenvalue weighted by atomic mass is 10.0. The van der Waals surface area contributed by atoms with E-state index in [4.69, 9.17) is 4.42 Å². The van der Waals surface area contributed by atoms with Crippen LogP contribution in [-0.4, -0.2) is 28.9 Å². The monoisotopic (exact) mass is 316 g/mol. The van der Waals surface area contributed by atoms with Crippen molar-refractivity contribution >= 4 is 17.2 Å². The molecule has 1 amide bonds. The number of rotatable bonds is 2. The van der Waals surface area contributed by atoms with Crippen LogP contribution in [-0.2, 0) is 0 Å². The number of likely N-dealkylation sites (tertiary alicyclic amines) is 1. The van der Waals surface area contributed by atoms with Gasteiger partial charge in [0.2, 0.25) is 0 Å². The molecule has 0 bridgehead atoms. The van der Waals surface area contributed by atoms with Crippen molar-refractivity contribution in [3.05, 3.63) is 28.5 Å². The fourth-order valence-electron chi connectivity index (χ4n) is 3.79. The highest BCUT2D eigenvalue weighted by Gasteiger charge is 2.39. The molecule has 2 aromatic rings. The van der Waals surface area contributed by atoms with Crippen molar-refractivity contribution in [2.75, 3.05) is 13.1 Å². The molecule has 0 spiro atoms. The van der Waals surface area contributed by atoms with Crippen molar-refractivity contribution in [2.45, 2.75) is 33.1 Å². The van der Waals surface area contributed by atoms with Gasteiger partial charge in [-0.2, -0.15) is 0 Å². The molecule has 1 saturated carbocycles. The average molecular weight is 316 g/mol. The Labute approximate surface area is 134 Å². The molecule has 4 nitrogen and oxygen atoms in total. The Morgan fingerprint density at radius 3 is 2.64 bits per heavy atom. The first-order valence-corrected chi connectivity index (χ1v) is 8.77. The van der Waals surface area contributed by atoms with E-state index in [1.54, 1.807) is 0 Å². The molecule has 1 aliphatic carbocycles. The lowest BCUT2D eigenvalue weighted by Gasteiger charge is -2.16. The summed E-state index contributed by atoms with van der Waals surface area (Å²) in [6.07, 6.45) is 3.90. The zero-order chi connectivity index (χ0) is 15.3. The van der Waals surface area contributed by atoms with Crippen molar-refractivity contribution in [3.8, 4) is 10.8 Å². The van der Waals surface area contributed by atoms with Gasteiger partial charge in [-0.05, 0) is 50.7 Å². The van der Waals surface area contributed by atoms with E-state index in [9.17, 15) is 4.79 Å². The number of carbonyl (C=O) groups is 1. The molecule has 116 valence electrons. The van der Waals surface area contributed by atoms with E-state index < -0.39 is 0 Å². The van der Waals surface area contributed by atoms with E-state index in [1.807, 2.05) is 30.9 Å². The molecular formula is C17H20N2O2S. The van der Waals surface area contributed by atoms with Crippen LogP contribution >= 0.6 is 11.3 Å². The van der Waals surface area contributed by atoms with Crippen LogP contribution in [0.3, 0.4) is 0 Å². The average Bonchev–Trinajstić information content (AvgIpc) is 3.19. The van der Waals surface area contributed by atoms with Gasteiger partial charge in [0.15, 0.2) is 10.8 Å². The van der Waals surface area contributed by atoms with Gasteiger partial charge in [0, 0.05) is 13.1 Å². The summed E-state index contributed by atoms with van der Waals surface area (Å²) < 4.78 is 5.63. The first-order chi connectivity index (χ1) is 10.6.